The number of amidine groups is 1. The molecule has 0 saturated carbocycles. The molecule has 38 heavy (non-hydrogen) atoms. The number of allylic oxidation sites excluding steroid dienone is 2. The molecule has 3 aliphatic rings. The first-order valence-corrected chi connectivity index (χ1v) is 12.0. The van der Waals surface area contributed by atoms with Crippen LogP contribution in [0.5, 0.6) is 11.5 Å². The van der Waals surface area contributed by atoms with Gasteiger partial charge in [-0.25, -0.2) is 0 Å². The number of amides is 4. The summed E-state index contributed by atoms with van der Waals surface area (Å²) >= 11 is 0. The topological polar surface area (TPSA) is 118 Å². The van der Waals surface area contributed by atoms with Crippen molar-refractivity contribution in [3.05, 3.63) is 72.5 Å². The van der Waals surface area contributed by atoms with Crippen LogP contribution in [0.15, 0.2) is 77.4 Å². The Morgan fingerprint density at radius 2 is 1.63 bits per heavy atom. The molecule has 2 aromatic carbocycles. The minimum absolute atomic E-state index is 0.248. The van der Waals surface area contributed by atoms with Gasteiger partial charge in [-0.3, -0.25) is 24.1 Å². The highest BCUT2D eigenvalue weighted by Crippen LogP contribution is 2.44. The van der Waals surface area contributed by atoms with Gasteiger partial charge in [0.1, 0.15) is 22.9 Å². The van der Waals surface area contributed by atoms with Gasteiger partial charge in [0.25, 0.3) is 5.91 Å². The molecule has 2 unspecified atom stereocenters. The summed E-state index contributed by atoms with van der Waals surface area (Å²) in [4.78, 5) is 60.8. The lowest BCUT2D eigenvalue weighted by Crippen LogP contribution is -2.58. The summed E-state index contributed by atoms with van der Waals surface area (Å²) < 4.78 is 10.3. The van der Waals surface area contributed by atoms with E-state index in [-0.39, 0.29) is 12.8 Å². The molecular weight excluding hydrogens is 488 g/mol. The van der Waals surface area contributed by atoms with Crippen molar-refractivity contribution in [3.63, 3.8) is 0 Å². The zero-order valence-corrected chi connectivity index (χ0v) is 21.1. The Morgan fingerprint density at radius 1 is 1.00 bits per heavy atom. The highest BCUT2D eigenvalue weighted by Gasteiger charge is 2.62. The molecule has 0 aromatic heterocycles. The van der Waals surface area contributed by atoms with Crippen LogP contribution in [-0.4, -0.2) is 54.1 Å². The van der Waals surface area contributed by atoms with E-state index in [2.05, 4.69) is 10.3 Å². The number of hydrogen-bond acceptors (Lipinski definition) is 7. The highest BCUT2D eigenvalue weighted by atomic mass is 16.5. The van der Waals surface area contributed by atoms with Gasteiger partial charge in [0, 0.05) is 18.3 Å². The lowest BCUT2D eigenvalue weighted by molar-refractivity contribution is -0.137. The number of anilines is 2. The van der Waals surface area contributed by atoms with Crippen LogP contribution in [0.3, 0.4) is 0 Å². The van der Waals surface area contributed by atoms with E-state index in [1.54, 1.807) is 78.9 Å². The Kier molecular flexibility index (Phi) is 6.31. The van der Waals surface area contributed by atoms with Crippen LogP contribution in [-0.2, 0) is 19.2 Å². The van der Waals surface area contributed by atoms with Crippen LogP contribution < -0.4 is 19.7 Å². The molecule has 10 heteroatoms. The van der Waals surface area contributed by atoms with Gasteiger partial charge < -0.3 is 19.7 Å². The smallest absolute Gasteiger partial charge is 0.275 e. The molecule has 3 heterocycles. The van der Waals surface area contributed by atoms with E-state index in [1.807, 2.05) is 6.92 Å². The number of methoxy groups -OCH3 is 2. The average molecular weight is 515 g/mol. The Balaban J connectivity index is 1.50. The van der Waals surface area contributed by atoms with Crippen molar-refractivity contribution >= 4 is 40.8 Å². The number of nitrogens with one attached hydrogen (secondary N) is 1. The van der Waals surface area contributed by atoms with Gasteiger partial charge in [-0.1, -0.05) is 6.08 Å². The number of carbonyl (C=O) groups excluding carboxylic acids is 4. The summed E-state index contributed by atoms with van der Waals surface area (Å²) in [5.41, 5.74) is -0.0388. The number of hydrogen-bond donors (Lipinski definition) is 1. The number of fused-ring (bicyclic) bond motifs is 1. The van der Waals surface area contributed by atoms with Crippen LogP contribution in [0, 0.1) is 5.92 Å². The summed E-state index contributed by atoms with van der Waals surface area (Å²) in [5, 5.41) is 2.79. The Morgan fingerprint density at radius 3 is 2.26 bits per heavy atom. The Labute approximate surface area is 219 Å². The molecule has 1 fully saturated rings. The summed E-state index contributed by atoms with van der Waals surface area (Å²) in [5.74, 6) is -1.79. The summed E-state index contributed by atoms with van der Waals surface area (Å²) in [6.45, 7) is 1.84. The SMILES string of the molecule is COc1ccc(NC(=O)CC2(C3CC(=O)N(c4ccc(OC)cc4)C3=O)C(=O)N=C3C=CC(C)=CN32)cc1. The number of rotatable bonds is 7. The number of carbonyl (C=O) groups is 4. The molecule has 2 atom stereocenters. The van der Waals surface area contributed by atoms with Crippen LogP contribution in [0.4, 0.5) is 11.4 Å². The monoisotopic (exact) mass is 514 g/mol. The fraction of sp³-hybridized carbons (Fsp3) is 0.250. The second-order valence-electron chi connectivity index (χ2n) is 9.25. The lowest BCUT2D eigenvalue weighted by atomic mass is 9.77. The normalized spacial score (nSPS) is 22.3. The molecule has 0 bridgehead atoms. The quantitative estimate of drug-likeness (QED) is 0.565. The van der Waals surface area contributed by atoms with Gasteiger partial charge in [0.05, 0.1) is 32.2 Å². The molecule has 1 N–H and O–H groups in total. The summed E-state index contributed by atoms with van der Waals surface area (Å²) in [6.07, 6.45) is 4.52. The van der Waals surface area contributed by atoms with E-state index < -0.39 is 35.1 Å². The van der Waals surface area contributed by atoms with Crippen molar-refractivity contribution in [2.24, 2.45) is 10.9 Å². The molecule has 0 aliphatic carbocycles. The first kappa shape index (κ1) is 24.9. The van der Waals surface area contributed by atoms with Gasteiger partial charge in [0.15, 0.2) is 0 Å². The van der Waals surface area contributed by atoms with Gasteiger partial charge in [-0.15, -0.1) is 0 Å². The molecule has 2 aromatic rings. The Bertz CT molecular complexity index is 1410. The molecule has 0 spiro atoms. The molecule has 4 amide bonds. The predicted molar refractivity (Wildman–Crippen MR) is 140 cm³/mol. The third-order valence-corrected chi connectivity index (χ3v) is 6.95. The number of aliphatic imine (C=N–C) groups is 1. The largest absolute Gasteiger partial charge is 0.497 e. The lowest BCUT2D eigenvalue weighted by Gasteiger charge is -2.39. The average Bonchev–Trinajstić information content (AvgIpc) is 3.36. The van der Waals surface area contributed by atoms with E-state index in [1.165, 1.54) is 7.11 Å². The summed E-state index contributed by atoms with van der Waals surface area (Å²) in [7, 11) is 3.06. The molecule has 5 rings (SSSR count). The number of ether oxygens (including phenoxy) is 2. The number of benzene rings is 2. The molecular formula is C28H26N4O6. The zero-order valence-electron chi connectivity index (χ0n) is 21.1. The van der Waals surface area contributed by atoms with E-state index in [0.29, 0.717) is 28.7 Å². The maximum Gasteiger partial charge on any atom is 0.275 e. The van der Waals surface area contributed by atoms with E-state index in [9.17, 15) is 19.2 Å². The number of imide groups is 1. The minimum Gasteiger partial charge on any atom is -0.497 e. The van der Waals surface area contributed by atoms with Crippen LogP contribution in [0.25, 0.3) is 0 Å². The molecule has 3 aliphatic heterocycles. The van der Waals surface area contributed by atoms with E-state index in [4.69, 9.17) is 9.47 Å². The third-order valence-electron chi connectivity index (χ3n) is 6.95. The van der Waals surface area contributed by atoms with E-state index in [0.717, 1.165) is 10.5 Å². The van der Waals surface area contributed by atoms with Crippen molar-refractivity contribution in [1.82, 2.24) is 4.90 Å². The zero-order chi connectivity index (χ0) is 27.0. The van der Waals surface area contributed by atoms with Crippen molar-refractivity contribution in [2.75, 3.05) is 24.4 Å². The molecule has 194 valence electrons. The van der Waals surface area contributed by atoms with Crippen molar-refractivity contribution in [3.8, 4) is 11.5 Å². The van der Waals surface area contributed by atoms with Crippen molar-refractivity contribution < 1.29 is 28.7 Å². The van der Waals surface area contributed by atoms with Crippen LogP contribution >= 0.6 is 0 Å². The third kappa shape index (κ3) is 4.13. The fourth-order valence-corrected chi connectivity index (χ4v) is 5.05. The van der Waals surface area contributed by atoms with Gasteiger partial charge >= 0.3 is 0 Å². The van der Waals surface area contributed by atoms with Crippen molar-refractivity contribution in [1.29, 1.82) is 0 Å². The van der Waals surface area contributed by atoms with Crippen LogP contribution in [0.1, 0.15) is 19.8 Å². The molecule has 1 saturated heterocycles. The second-order valence-corrected chi connectivity index (χ2v) is 9.25. The van der Waals surface area contributed by atoms with Gasteiger partial charge in [-0.2, -0.15) is 4.99 Å². The molecule has 10 nitrogen and oxygen atoms in total. The van der Waals surface area contributed by atoms with Gasteiger partial charge in [-0.05, 0) is 67.1 Å². The van der Waals surface area contributed by atoms with E-state index >= 15 is 0 Å². The minimum atomic E-state index is -1.70. The second kappa shape index (κ2) is 9.62. The first-order valence-electron chi connectivity index (χ1n) is 12.0. The van der Waals surface area contributed by atoms with Crippen molar-refractivity contribution in [2.45, 2.75) is 25.3 Å². The first-order chi connectivity index (χ1) is 18.3. The number of nitrogens with zero attached hydrogens (tertiary/aromatic N) is 3. The maximum atomic E-state index is 13.8. The van der Waals surface area contributed by atoms with Crippen LogP contribution in [0.2, 0.25) is 0 Å². The highest BCUT2D eigenvalue weighted by molar-refractivity contribution is 6.25. The molecule has 0 radical (unpaired) electrons. The fourth-order valence-electron chi connectivity index (χ4n) is 5.05. The Hall–Kier alpha value is -4.73. The standard InChI is InChI=1S/C28H26N4O6/c1-17-4-13-23-30-27(36)28(31(23)16-17,15-24(33)29-18-5-9-20(37-2)10-6-18)22-14-25(34)32(26(22)35)19-7-11-21(38-3)12-8-19/h4-13,16,22H,14-15H2,1-3H3,(H,29,33). The van der Waals surface area contributed by atoms with Gasteiger partial charge in [0.2, 0.25) is 17.7 Å². The predicted octanol–water partition coefficient (Wildman–Crippen LogP) is 3.07. The summed E-state index contributed by atoms with van der Waals surface area (Å²) in [6, 6.07) is 13.2. The maximum absolute atomic E-state index is 13.8.